The van der Waals surface area contributed by atoms with Gasteiger partial charge in [0.1, 0.15) is 0 Å². The molecule has 2 heterocycles. The number of nitrogens with one attached hydrogen (secondary N) is 1. The van der Waals surface area contributed by atoms with Gasteiger partial charge < -0.3 is 10.1 Å². The highest BCUT2D eigenvalue weighted by molar-refractivity contribution is 5.45. The van der Waals surface area contributed by atoms with Gasteiger partial charge in [0.2, 0.25) is 0 Å². The second-order valence-corrected chi connectivity index (χ2v) is 5.37. The highest BCUT2D eigenvalue weighted by atomic mass is 16.5. The Morgan fingerprint density at radius 2 is 2.35 bits per heavy atom. The van der Waals surface area contributed by atoms with Crippen molar-refractivity contribution in [2.75, 3.05) is 25.1 Å². The summed E-state index contributed by atoms with van der Waals surface area (Å²) < 4.78 is 7.45. The Morgan fingerprint density at radius 3 is 3.15 bits per heavy atom. The fraction of sp³-hybridized carbons (Fsp3) is 0.438. The molecule has 4 nitrogen and oxygen atoms in total. The Kier molecular flexibility index (Phi) is 4.33. The zero-order valence-corrected chi connectivity index (χ0v) is 11.7. The summed E-state index contributed by atoms with van der Waals surface area (Å²) in [5, 5.41) is 7.77. The zero-order valence-electron chi connectivity index (χ0n) is 11.7. The molecule has 1 aromatic heterocycles. The first-order chi connectivity index (χ1) is 9.90. The van der Waals surface area contributed by atoms with E-state index in [1.165, 1.54) is 24.1 Å². The number of ether oxygens (including phenoxy) is 1. The Balaban J connectivity index is 1.56. The van der Waals surface area contributed by atoms with Crippen LogP contribution in [0.5, 0.6) is 0 Å². The maximum absolute atomic E-state index is 5.51. The van der Waals surface area contributed by atoms with Gasteiger partial charge in [0, 0.05) is 31.2 Å². The summed E-state index contributed by atoms with van der Waals surface area (Å²) >= 11 is 0. The van der Waals surface area contributed by atoms with Crippen molar-refractivity contribution in [2.24, 2.45) is 5.92 Å². The van der Waals surface area contributed by atoms with Crippen LogP contribution >= 0.6 is 0 Å². The van der Waals surface area contributed by atoms with E-state index in [1.54, 1.807) is 0 Å². The lowest BCUT2D eigenvalue weighted by Crippen LogP contribution is -2.24. The second-order valence-electron chi connectivity index (χ2n) is 5.37. The zero-order chi connectivity index (χ0) is 13.6. The summed E-state index contributed by atoms with van der Waals surface area (Å²) in [6.45, 7) is 3.62. The van der Waals surface area contributed by atoms with Crippen LogP contribution in [0.1, 0.15) is 18.4 Å². The minimum Gasteiger partial charge on any atom is -0.385 e. The van der Waals surface area contributed by atoms with Crippen LogP contribution in [0.15, 0.2) is 42.7 Å². The van der Waals surface area contributed by atoms with Crippen molar-refractivity contribution in [3.63, 3.8) is 0 Å². The van der Waals surface area contributed by atoms with Crippen LogP contribution in [0.2, 0.25) is 0 Å². The van der Waals surface area contributed by atoms with Crippen molar-refractivity contribution in [1.29, 1.82) is 0 Å². The van der Waals surface area contributed by atoms with Gasteiger partial charge in [-0.2, -0.15) is 5.10 Å². The molecule has 0 aliphatic carbocycles. The first kappa shape index (κ1) is 13.2. The second kappa shape index (κ2) is 6.57. The largest absolute Gasteiger partial charge is 0.385 e. The van der Waals surface area contributed by atoms with Crippen LogP contribution in [0.4, 0.5) is 5.69 Å². The van der Waals surface area contributed by atoms with Crippen LogP contribution in [0.3, 0.4) is 0 Å². The van der Waals surface area contributed by atoms with Gasteiger partial charge >= 0.3 is 0 Å². The Morgan fingerprint density at radius 1 is 1.35 bits per heavy atom. The van der Waals surface area contributed by atoms with E-state index in [0.29, 0.717) is 5.92 Å². The molecule has 1 N–H and O–H groups in total. The molecule has 0 spiro atoms. The topological polar surface area (TPSA) is 39.1 Å². The van der Waals surface area contributed by atoms with Gasteiger partial charge in [-0.25, -0.2) is 0 Å². The lowest BCUT2D eigenvalue weighted by Gasteiger charge is -2.22. The summed E-state index contributed by atoms with van der Waals surface area (Å²) in [5.41, 5.74) is 2.44. The van der Waals surface area contributed by atoms with Gasteiger partial charge in [0.25, 0.3) is 0 Å². The van der Waals surface area contributed by atoms with Crippen LogP contribution in [-0.2, 0) is 11.3 Å². The molecule has 0 bridgehead atoms. The standard InChI is InChI=1S/C16H21N3O/c1-4-14(12-19-8-3-7-18-19)10-16(6-1)17-11-15-5-2-9-20-13-15/h1,3-4,6-8,10,15,17H,2,5,9,11-13H2. The van der Waals surface area contributed by atoms with Crippen LogP contribution < -0.4 is 5.32 Å². The van der Waals surface area contributed by atoms with Gasteiger partial charge in [0.15, 0.2) is 0 Å². The van der Waals surface area contributed by atoms with Crippen molar-refractivity contribution in [2.45, 2.75) is 19.4 Å². The number of rotatable bonds is 5. The van der Waals surface area contributed by atoms with Crippen LogP contribution in [-0.4, -0.2) is 29.5 Å². The van der Waals surface area contributed by atoms with Crippen molar-refractivity contribution in [1.82, 2.24) is 9.78 Å². The Hall–Kier alpha value is -1.81. The average Bonchev–Trinajstić information content (AvgIpc) is 3.00. The van der Waals surface area contributed by atoms with E-state index in [4.69, 9.17) is 4.74 Å². The number of hydrogen-bond acceptors (Lipinski definition) is 3. The van der Waals surface area contributed by atoms with Crippen molar-refractivity contribution in [3.8, 4) is 0 Å². The van der Waals surface area contributed by atoms with E-state index in [-0.39, 0.29) is 0 Å². The number of nitrogens with zero attached hydrogens (tertiary/aromatic N) is 2. The molecule has 1 aliphatic heterocycles. The Bertz CT molecular complexity index is 518. The molecule has 1 aromatic carbocycles. The van der Waals surface area contributed by atoms with E-state index in [0.717, 1.165) is 26.3 Å². The predicted octanol–water partition coefficient (Wildman–Crippen LogP) is 2.77. The molecule has 1 unspecified atom stereocenters. The molecule has 1 fully saturated rings. The lowest BCUT2D eigenvalue weighted by molar-refractivity contribution is 0.0595. The van der Waals surface area contributed by atoms with Crippen molar-refractivity contribution >= 4 is 5.69 Å². The van der Waals surface area contributed by atoms with Crippen LogP contribution in [0.25, 0.3) is 0 Å². The summed E-state index contributed by atoms with van der Waals surface area (Å²) in [6, 6.07) is 10.5. The third-order valence-corrected chi connectivity index (χ3v) is 3.68. The molecule has 3 rings (SSSR count). The van der Waals surface area contributed by atoms with Crippen molar-refractivity contribution < 1.29 is 4.74 Å². The SMILES string of the molecule is c1cc(Cn2cccn2)cc(NCC2CCCOC2)c1. The van der Waals surface area contributed by atoms with Gasteiger partial charge in [-0.15, -0.1) is 0 Å². The van der Waals surface area contributed by atoms with E-state index in [2.05, 4.69) is 34.7 Å². The maximum Gasteiger partial charge on any atom is 0.0660 e. The predicted molar refractivity (Wildman–Crippen MR) is 79.8 cm³/mol. The van der Waals surface area contributed by atoms with Gasteiger partial charge in [0.05, 0.1) is 13.2 Å². The van der Waals surface area contributed by atoms with Gasteiger partial charge in [-0.3, -0.25) is 4.68 Å². The molecule has 20 heavy (non-hydrogen) atoms. The summed E-state index contributed by atoms with van der Waals surface area (Å²) in [6.07, 6.45) is 6.25. The molecule has 0 saturated carbocycles. The number of hydrogen-bond donors (Lipinski definition) is 1. The van der Waals surface area contributed by atoms with E-state index in [9.17, 15) is 0 Å². The molecular formula is C16H21N3O. The monoisotopic (exact) mass is 271 g/mol. The minimum atomic E-state index is 0.638. The Labute approximate surface area is 119 Å². The molecule has 1 saturated heterocycles. The highest BCUT2D eigenvalue weighted by Crippen LogP contribution is 2.16. The molecular weight excluding hydrogens is 250 g/mol. The first-order valence-electron chi connectivity index (χ1n) is 7.28. The van der Waals surface area contributed by atoms with Gasteiger partial charge in [-0.05, 0) is 42.5 Å². The maximum atomic E-state index is 5.51. The average molecular weight is 271 g/mol. The number of benzene rings is 1. The normalized spacial score (nSPS) is 18.9. The third-order valence-electron chi connectivity index (χ3n) is 3.68. The molecule has 4 heteroatoms. The summed E-state index contributed by atoms with van der Waals surface area (Å²) in [4.78, 5) is 0. The quantitative estimate of drug-likeness (QED) is 0.909. The number of aromatic nitrogens is 2. The minimum absolute atomic E-state index is 0.638. The molecule has 0 radical (unpaired) electrons. The fourth-order valence-electron chi connectivity index (χ4n) is 2.59. The lowest BCUT2D eigenvalue weighted by atomic mass is 10.0. The summed E-state index contributed by atoms with van der Waals surface area (Å²) in [7, 11) is 0. The molecule has 1 atom stereocenters. The summed E-state index contributed by atoms with van der Waals surface area (Å²) in [5.74, 6) is 0.638. The highest BCUT2D eigenvalue weighted by Gasteiger charge is 2.13. The van der Waals surface area contributed by atoms with Gasteiger partial charge in [-0.1, -0.05) is 12.1 Å². The van der Waals surface area contributed by atoms with Crippen molar-refractivity contribution in [3.05, 3.63) is 48.3 Å². The van der Waals surface area contributed by atoms with E-state index < -0.39 is 0 Å². The smallest absolute Gasteiger partial charge is 0.0660 e. The molecule has 2 aromatic rings. The van der Waals surface area contributed by atoms with Crippen LogP contribution in [0, 0.1) is 5.92 Å². The molecule has 0 amide bonds. The molecule has 106 valence electrons. The third kappa shape index (κ3) is 3.61. The van der Waals surface area contributed by atoms with E-state index >= 15 is 0 Å². The molecule has 1 aliphatic rings. The fourth-order valence-corrected chi connectivity index (χ4v) is 2.59. The van der Waals surface area contributed by atoms with E-state index in [1.807, 2.05) is 23.1 Å². The first-order valence-corrected chi connectivity index (χ1v) is 7.28. The number of anilines is 1.